The molecule has 0 bridgehead atoms. The molecule has 2 aromatic carbocycles. The predicted molar refractivity (Wildman–Crippen MR) is 178 cm³/mol. The van der Waals surface area contributed by atoms with E-state index in [2.05, 4.69) is 41.5 Å². The van der Waals surface area contributed by atoms with Crippen LogP contribution in [-0.2, 0) is 42.3 Å². The molecule has 0 saturated carbocycles. The lowest BCUT2D eigenvalue weighted by Crippen LogP contribution is -2.19. The van der Waals surface area contributed by atoms with E-state index >= 15 is 0 Å². The molecule has 2 aromatic rings. The number of carbonyl (C=O) groups excluding carboxylic acids is 2. The average molecular weight is 615 g/mol. The predicted octanol–water partition coefficient (Wildman–Crippen LogP) is 8.35. The van der Waals surface area contributed by atoms with Gasteiger partial charge in [0.2, 0.25) is 0 Å². The molecule has 0 atom stereocenters. The van der Waals surface area contributed by atoms with Gasteiger partial charge in [-0.05, 0) is 56.9 Å². The highest BCUT2D eigenvalue weighted by Crippen LogP contribution is 2.41. The van der Waals surface area contributed by atoms with E-state index in [1.807, 2.05) is 53.7 Å². The third-order valence-electron chi connectivity index (χ3n) is 7.32. The molecule has 0 unspecified atom stereocenters. The third-order valence-corrected chi connectivity index (χ3v) is 8.23. The van der Waals surface area contributed by atoms with E-state index in [1.165, 1.54) is 0 Å². The fourth-order valence-electron chi connectivity index (χ4n) is 4.79. The Morgan fingerprint density at radius 1 is 0.628 bits per heavy atom. The molecule has 0 aromatic heterocycles. The highest BCUT2D eigenvalue weighted by Gasteiger charge is 2.29. The lowest BCUT2D eigenvalue weighted by Gasteiger charge is -2.28. The molecule has 0 fully saturated rings. The SMILES string of the molecule is CC(C)(C)c1cc(CCC(=O)OCCSCCOC(=O)c2cc(C(C)(C)C)c(O)c(C(C)(C)C)c2)cc(C(C)(C)C)c1O. The second kappa shape index (κ2) is 14.0. The molecule has 2 rings (SSSR count). The molecule has 0 saturated heterocycles. The summed E-state index contributed by atoms with van der Waals surface area (Å²) in [5, 5.41) is 21.8. The summed E-state index contributed by atoms with van der Waals surface area (Å²) in [7, 11) is 0. The highest BCUT2D eigenvalue weighted by atomic mass is 32.2. The van der Waals surface area contributed by atoms with Crippen LogP contribution in [0.25, 0.3) is 0 Å². The maximum absolute atomic E-state index is 12.9. The molecule has 0 aliphatic heterocycles. The van der Waals surface area contributed by atoms with E-state index in [9.17, 15) is 19.8 Å². The Hall–Kier alpha value is -2.67. The fourth-order valence-corrected chi connectivity index (χ4v) is 5.40. The number of hydrogen-bond acceptors (Lipinski definition) is 7. The van der Waals surface area contributed by atoms with E-state index < -0.39 is 5.97 Å². The standard InChI is InChI=1S/C36H54O6S/c1-33(2,3)25-19-23(20-26(30(25)38)34(4,5)6)13-14-29(37)41-15-17-43-18-16-42-32(40)24-21-27(35(7,8)9)31(39)28(22-24)36(10,11)12/h19-22,38-39H,13-18H2,1-12H3. The van der Waals surface area contributed by atoms with Gasteiger partial charge < -0.3 is 19.7 Å². The van der Waals surface area contributed by atoms with Crippen LogP contribution < -0.4 is 0 Å². The van der Waals surface area contributed by atoms with Crippen molar-refractivity contribution in [3.63, 3.8) is 0 Å². The lowest BCUT2D eigenvalue weighted by molar-refractivity contribution is -0.142. The normalized spacial score (nSPS) is 12.7. The Balaban J connectivity index is 1.84. The Bertz CT molecular complexity index is 1210. The number of hydrogen-bond donors (Lipinski definition) is 2. The minimum absolute atomic E-state index is 0.221. The van der Waals surface area contributed by atoms with Crippen LogP contribution in [0.5, 0.6) is 11.5 Å². The van der Waals surface area contributed by atoms with Crippen molar-refractivity contribution in [3.05, 3.63) is 57.6 Å². The molecule has 0 radical (unpaired) electrons. The molecule has 0 amide bonds. The summed E-state index contributed by atoms with van der Waals surface area (Å²) in [6.07, 6.45) is 0.805. The number of carbonyl (C=O) groups is 2. The summed E-state index contributed by atoms with van der Waals surface area (Å²) in [5.41, 5.74) is 3.55. The summed E-state index contributed by atoms with van der Waals surface area (Å²) in [4.78, 5) is 25.3. The molecule has 240 valence electrons. The zero-order valence-corrected chi connectivity index (χ0v) is 29.3. The first-order valence-corrected chi connectivity index (χ1v) is 16.3. The van der Waals surface area contributed by atoms with Gasteiger partial charge in [0.1, 0.15) is 24.7 Å². The van der Waals surface area contributed by atoms with Gasteiger partial charge in [-0.2, -0.15) is 11.8 Å². The topological polar surface area (TPSA) is 93.1 Å². The lowest BCUT2D eigenvalue weighted by atomic mass is 9.78. The molecule has 0 heterocycles. The first kappa shape index (κ1) is 36.5. The number of rotatable bonds is 10. The molecular formula is C36H54O6S. The fraction of sp³-hybridized carbons (Fsp3) is 0.611. The summed E-state index contributed by atoms with van der Waals surface area (Å²) < 4.78 is 11.0. The van der Waals surface area contributed by atoms with Gasteiger partial charge in [0.25, 0.3) is 0 Å². The zero-order chi connectivity index (χ0) is 33.0. The molecular weight excluding hydrogens is 560 g/mol. The van der Waals surface area contributed by atoms with Gasteiger partial charge in [-0.3, -0.25) is 4.79 Å². The van der Waals surface area contributed by atoms with E-state index in [0.717, 1.165) is 27.8 Å². The zero-order valence-electron chi connectivity index (χ0n) is 28.5. The van der Waals surface area contributed by atoms with Crippen molar-refractivity contribution < 1.29 is 29.3 Å². The summed E-state index contributed by atoms with van der Waals surface area (Å²) >= 11 is 1.55. The van der Waals surface area contributed by atoms with Crippen LogP contribution in [0, 0.1) is 0 Å². The summed E-state index contributed by atoms with van der Waals surface area (Å²) in [6, 6.07) is 7.46. The molecule has 7 heteroatoms. The molecule has 6 nitrogen and oxygen atoms in total. The first-order chi connectivity index (χ1) is 19.5. The van der Waals surface area contributed by atoms with Crippen molar-refractivity contribution in [2.75, 3.05) is 24.7 Å². The number of ether oxygens (including phenoxy) is 2. The van der Waals surface area contributed by atoms with Crippen molar-refractivity contribution >= 4 is 23.7 Å². The number of thioether (sulfide) groups is 1. The largest absolute Gasteiger partial charge is 0.507 e. The first-order valence-electron chi connectivity index (χ1n) is 15.2. The van der Waals surface area contributed by atoms with Crippen LogP contribution >= 0.6 is 11.8 Å². The third kappa shape index (κ3) is 10.5. The van der Waals surface area contributed by atoms with Crippen molar-refractivity contribution in [1.82, 2.24) is 0 Å². The molecule has 0 aliphatic carbocycles. The van der Waals surface area contributed by atoms with Crippen LogP contribution in [0.1, 0.15) is 128 Å². The van der Waals surface area contributed by atoms with Crippen LogP contribution in [-0.4, -0.2) is 46.9 Å². The maximum Gasteiger partial charge on any atom is 0.338 e. The Labute approximate surface area is 264 Å². The number of benzene rings is 2. The van der Waals surface area contributed by atoms with Crippen LogP contribution in [0.15, 0.2) is 24.3 Å². The molecule has 43 heavy (non-hydrogen) atoms. The van der Waals surface area contributed by atoms with Crippen molar-refractivity contribution in [3.8, 4) is 11.5 Å². The number of aromatic hydroxyl groups is 2. The average Bonchev–Trinajstić information content (AvgIpc) is 2.84. The van der Waals surface area contributed by atoms with Crippen LogP contribution in [0.4, 0.5) is 0 Å². The van der Waals surface area contributed by atoms with Crippen LogP contribution in [0.2, 0.25) is 0 Å². The second-order valence-corrected chi connectivity index (χ2v) is 16.7. The maximum atomic E-state index is 12.9. The minimum Gasteiger partial charge on any atom is -0.507 e. The second-order valence-electron chi connectivity index (χ2n) is 15.4. The van der Waals surface area contributed by atoms with Gasteiger partial charge >= 0.3 is 11.9 Å². The van der Waals surface area contributed by atoms with Gasteiger partial charge in [-0.25, -0.2) is 4.79 Å². The van der Waals surface area contributed by atoms with Crippen molar-refractivity contribution in [1.29, 1.82) is 0 Å². The number of phenols is 2. The van der Waals surface area contributed by atoms with Gasteiger partial charge in [0.15, 0.2) is 0 Å². The van der Waals surface area contributed by atoms with E-state index in [1.54, 1.807) is 23.9 Å². The van der Waals surface area contributed by atoms with E-state index in [-0.39, 0.29) is 53.0 Å². The molecule has 2 N–H and O–H groups in total. The number of phenolic OH excluding ortho intramolecular Hbond substituents is 2. The molecule has 0 spiro atoms. The summed E-state index contributed by atoms with van der Waals surface area (Å²) in [5.74, 6) is 1.08. The monoisotopic (exact) mass is 614 g/mol. The number of aryl methyl sites for hydroxylation is 1. The Morgan fingerprint density at radius 3 is 1.40 bits per heavy atom. The molecule has 0 aliphatic rings. The summed E-state index contributed by atoms with van der Waals surface area (Å²) in [6.45, 7) is 25.0. The minimum atomic E-state index is -0.415. The van der Waals surface area contributed by atoms with Crippen molar-refractivity contribution in [2.24, 2.45) is 0 Å². The Morgan fingerprint density at radius 2 is 1.00 bits per heavy atom. The van der Waals surface area contributed by atoms with Gasteiger partial charge in [0.05, 0.1) is 5.56 Å². The van der Waals surface area contributed by atoms with E-state index in [4.69, 9.17) is 9.47 Å². The van der Waals surface area contributed by atoms with Crippen molar-refractivity contribution in [2.45, 2.75) is 118 Å². The quantitative estimate of drug-likeness (QED) is 0.205. The van der Waals surface area contributed by atoms with Crippen LogP contribution in [0.3, 0.4) is 0 Å². The number of esters is 2. The van der Waals surface area contributed by atoms with Gasteiger partial charge in [0, 0.05) is 29.1 Å². The smallest absolute Gasteiger partial charge is 0.338 e. The Kier molecular flexibility index (Phi) is 11.9. The van der Waals surface area contributed by atoms with Gasteiger partial charge in [-0.1, -0.05) is 95.2 Å². The highest BCUT2D eigenvalue weighted by molar-refractivity contribution is 7.99. The van der Waals surface area contributed by atoms with E-state index in [0.29, 0.717) is 29.2 Å². The van der Waals surface area contributed by atoms with Gasteiger partial charge in [-0.15, -0.1) is 0 Å².